The molecule has 1 aromatic heterocycles. The van der Waals surface area contributed by atoms with Crippen LogP contribution in [-0.2, 0) is 6.54 Å². The van der Waals surface area contributed by atoms with Crippen LogP contribution in [0.1, 0.15) is 31.3 Å². The predicted octanol–water partition coefficient (Wildman–Crippen LogP) is 4.36. The standard InChI is InChI=1S/C19H20FN3O/c1-13(2)18(14-8-10-16(20)11-9-14)21-12-17-22-19(23-24-17)15-6-4-3-5-7-15/h3-11,13,18,21H,12H2,1-2H3. The Bertz CT molecular complexity index is 769. The second-order valence-corrected chi connectivity index (χ2v) is 6.03. The quantitative estimate of drug-likeness (QED) is 0.731. The summed E-state index contributed by atoms with van der Waals surface area (Å²) >= 11 is 0. The summed E-state index contributed by atoms with van der Waals surface area (Å²) in [5.74, 6) is 1.22. The minimum absolute atomic E-state index is 0.0812. The number of rotatable bonds is 6. The topological polar surface area (TPSA) is 51.0 Å². The highest BCUT2D eigenvalue weighted by Crippen LogP contribution is 2.22. The van der Waals surface area contributed by atoms with Crippen LogP contribution in [0.3, 0.4) is 0 Å². The van der Waals surface area contributed by atoms with Gasteiger partial charge in [-0.05, 0) is 23.6 Å². The van der Waals surface area contributed by atoms with Crippen molar-refractivity contribution in [3.05, 3.63) is 71.9 Å². The number of benzene rings is 2. The molecule has 0 bridgehead atoms. The first-order chi connectivity index (χ1) is 11.6. The van der Waals surface area contributed by atoms with Gasteiger partial charge in [-0.1, -0.05) is 61.5 Å². The molecule has 0 saturated heterocycles. The molecule has 0 saturated carbocycles. The van der Waals surface area contributed by atoms with Gasteiger partial charge >= 0.3 is 0 Å². The summed E-state index contributed by atoms with van der Waals surface area (Å²) in [7, 11) is 0. The maximum absolute atomic E-state index is 13.1. The Labute approximate surface area is 140 Å². The van der Waals surface area contributed by atoms with Crippen LogP contribution in [0.2, 0.25) is 0 Å². The van der Waals surface area contributed by atoms with Crippen molar-refractivity contribution in [1.82, 2.24) is 15.5 Å². The molecule has 0 spiro atoms. The molecule has 0 fully saturated rings. The molecule has 5 heteroatoms. The molecule has 0 amide bonds. The Balaban J connectivity index is 1.69. The van der Waals surface area contributed by atoms with Crippen LogP contribution in [-0.4, -0.2) is 10.1 Å². The zero-order chi connectivity index (χ0) is 16.9. The van der Waals surface area contributed by atoms with Crippen LogP contribution in [0.5, 0.6) is 0 Å². The Kier molecular flexibility index (Phi) is 5.01. The molecule has 0 radical (unpaired) electrons. The second kappa shape index (κ2) is 7.36. The highest BCUT2D eigenvalue weighted by molar-refractivity contribution is 5.53. The van der Waals surface area contributed by atoms with Gasteiger partial charge < -0.3 is 9.84 Å². The van der Waals surface area contributed by atoms with Crippen molar-refractivity contribution in [2.24, 2.45) is 5.92 Å². The molecule has 4 nitrogen and oxygen atoms in total. The Hall–Kier alpha value is -2.53. The lowest BCUT2D eigenvalue weighted by Crippen LogP contribution is -2.25. The molecule has 1 heterocycles. The van der Waals surface area contributed by atoms with Gasteiger partial charge in [-0.15, -0.1) is 0 Å². The van der Waals surface area contributed by atoms with Crippen LogP contribution in [0, 0.1) is 11.7 Å². The van der Waals surface area contributed by atoms with Crippen LogP contribution in [0.25, 0.3) is 11.4 Å². The molecule has 1 atom stereocenters. The third kappa shape index (κ3) is 3.86. The van der Waals surface area contributed by atoms with E-state index in [-0.39, 0.29) is 11.9 Å². The fraction of sp³-hybridized carbons (Fsp3) is 0.263. The minimum Gasteiger partial charge on any atom is -0.338 e. The molecule has 3 aromatic rings. The summed E-state index contributed by atoms with van der Waals surface area (Å²) in [6.45, 7) is 4.69. The van der Waals surface area contributed by atoms with Gasteiger partial charge in [-0.2, -0.15) is 4.98 Å². The van der Waals surface area contributed by atoms with E-state index in [4.69, 9.17) is 4.52 Å². The lowest BCUT2D eigenvalue weighted by molar-refractivity contribution is 0.337. The molecule has 2 aromatic carbocycles. The van der Waals surface area contributed by atoms with Crippen LogP contribution in [0.4, 0.5) is 4.39 Å². The Morgan fingerprint density at radius 3 is 2.42 bits per heavy atom. The van der Waals surface area contributed by atoms with Crippen LogP contribution >= 0.6 is 0 Å². The van der Waals surface area contributed by atoms with Gasteiger partial charge in [0.25, 0.3) is 0 Å². The average molecular weight is 325 g/mol. The van der Waals surface area contributed by atoms with Gasteiger partial charge in [0.05, 0.1) is 6.54 Å². The average Bonchev–Trinajstić information content (AvgIpc) is 3.06. The first-order valence-corrected chi connectivity index (χ1v) is 8.00. The van der Waals surface area contributed by atoms with E-state index in [0.29, 0.717) is 24.2 Å². The maximum atomic E-state index is 13.1. The van der Waals surface area contributed by atoms with E-state index in [1.54, 1.807) is 12.1 Å². The summed E-state index contributed by atoms with van der Waals surface area (Å²) in [4.78, 5) is 4.42. The lowest BCUT2D eigenvalue weighted by Gasteiger charge is -2.22. The van der Waals surface area contributed by atoms with Gasteiger partial charge in [0, 0.05) is 11.6 Å². The summed E-state index contributed by atoms with van der Waals surface area (Å²) in [5.41, 5.74) is 1.96. The fourth-order valence-electron chi connectivity index (χ4n) is 2.64. The molecule has 0 aliphatic heterocycles. The fourth-order valence-corrected chi connectivity index (χ4v) is 2.64. The molecular weight excluding hydrogens is 305 g/mol. The molecule has 1 N–H and O–H groups in total. The second-order valence-electron chi connectivity index (χ2n) is 6.03. The van der Waals surface area contributed by atoms with Crippen LogP contribution in [0.15, 0.2) is 59.1 Å². The lowest BCUT2D eigenvalue weighted by atomic mass is 9.96. The highest BCUT2D eigenvalue weighted by atomic mass is 19.1. The molecule has 0 aliphatic carbocycles. The van der Waals surface area contributed by atoms with Gasteiger partial charge in [-0.3, -0.25) is 0 Å². The first-order valence-electron chi connectivity index (χ1n) is 8.00. The van der Waals surface area contributed by atoms with Crippen molar-refractivity contribution < 1.29 is 8.91 Å². The van der Waals surface area contributed by atoms with E-state index in [2.05, 4.69) is 29.3 Å². The van der Waals surface area contributed by atoms with E-state index in [0.717, 1.165) is 11.1 Å². The van der Waals surface area contributed by atoms with Crippen LogP contribution < -0.4 is 5.32 Å². The van der Waals surface area contributed by atoms with Crippen molar-refractivity contribution in [2.45, 2.75) is 26.4 Å². The number of hydrogen-bond acceptors (Lipinski definition) is 4. The van der Waals surface area contributed by atoms with E-state index in [9.17, 15) is 4.39 Å². The SMILES string of the molecule is CC(C)C(NCc1nc(-c2ccccc2)no1)c1ccc(F)cc1. The largest absolute Gasteiger partial charge is 0.338 e. The van der Waals surface area contributed by atoms with Gasteiger partial charge in [0.1, 0.15) is 5.82 Å². The number of aromatic nitrogens is 2. The molecule has 1 unspecified atom stereocenters. The third-order valence-corrected chi connectivity index (χ3v) is 3.87. The van der Waals surface area contributed by atoms with E-state index < -0.39 is 0 Å². The van der Waals surface area contributed by atoms with Crippen molar-refractivity contribution in [2.75, 3.05) is 0 Å². The van der Waals surface area contributed by atoms with Gasteiger partial charge in [0.15, 0.2) is 0 Å². The van der Waals surface area contributed by atoms with Crippen molar-refractivity contribution in [3.8, 4) is 11.4 Å². The summed E-state index contributed by atoms with van der Waals surface area (Å²) in [6.07, 6.45) is 0. The Morgan fingerprint density at radius 1 is 1.04 bits per heavy atom. The monoisotopic (exact) mass is 325 g/mol. The van der Waals surface area contributed by atoms with Gasteiger partial charge in [-0.25, -0.2) is 4.39 Å². The Morgan fingerprint density at radius 2 is 1.75 bits per heavy atom. The van der Waals surface area contributed by atoms with E-state index in [1.807, 2.05) is 30.3 Å². The third-order valence-electron chi connectivity index (χ3n) is 3.87. The molecular formula is C19H20FN3O. The zero-order valence-corrected chi connectivity index (χ0v) is 13.7. The normalized spacial score (nSPS) is 12.5. The summed E-state index contributed by atoms with van der Waals surface area (Å²) < 4.78 is 18.4. The van der Waals surface area contributed by atoms with E-state index in [1.165, 1.54) is 12.1 Å². The number of nitrogens with zero attached hydrogens (tertiary/aromatic N) is 2. The van der Waals surface area contributed by atoms with Gasteiger partial charge in [0.2, 0.25) is 11.7 Å². The van der Waals surface area contributed by atoms with Crippen molar-refractivity contribution >= 4 is 0 Å². The molecule has 0 aliphatic rings. The highest BCUT2D eigenvalue weighted by Gasteiger charge is 2.17. The number of nitrogens with one attached hydrogen (secondary N) is 1. The number of hydrogen-bond donors (Lipinski definition) is 1. The minimum atomic E-state index is -0.231. The summed E-state index contributed by atoms with van der Waals surface area (Å²) in [6, 6.07) is 16.3. The number of halogens is 1. The first kappa shape index (κ1) is 16.3. The smallest absolute Gasteiger partial charge is 0.240 e. The summed E-state index contributed by atoms with van der Waals surface area (Å²) in [5, 5.41) is 7.44. The molecule has 124 valence electrons. The van der Waals surface area contributed by atoms with Crippen molar-refractivity contribution in [3.63, 3.8) is 0 Å². The molecule has 24 heavy (non-hydrogen) atoms. The maximum Gasteiger partial charge on any atom is 0.240 e. The molecule has 3 rings (SSSR count). The van der Waals surface area contributed by atoms with Crippen molar-refractivity contribution in [1.29, 1.82) is 0 Å². The predicted molar refractivity (Wildman–Crippen MR) is 90.6 cm³/mol. The zero-order valence-electron chi connectivity index (χ0n) is 13.7. The van der Waals surface area contributed by atoms with E-state index >= 15 is 0 Å².